The lowest BCUT2D eigenvalue weighted by Gasteiger charge is -2.32. The molecule has 1 aliphatic carbocycles. The Labute approximate surface area is 161 Å². The van der Waals surface area contributed by atoms with Crippen molar-refractivity contribution in [2.24, 2.45) is 12.0 Å². The predicted octanol–water partition coefficient (Wildman–Crippen LogP) is 2.39. The molecule has 0 amide bonds. The average Bonchev–Trinajstić information content (AvgIpc) is 3.34. The zero-order chi connectivity index (χ0) is 19.1. The van der Waals surface area contributed by atoms with Gasteiger partial charge in [-0.1, -0.05) is 31.0 Å². The number of methoxy groups -OCH3 is 1. The van der Waals surface area contributed by atoms with Crippen LogP contribution < -0.4 is 15.4 Å². The van der Waals surface area contributed by atoms with Crippen LogP contribution in [-0.4, -0.2) is 40.9 Å². The number of hydrogen-bond acceptors (Lipinski definition) is 4. The monoisotopic (exact) mass is 370 g/mol. The van der Waals surface area contributed by atoms with E-state index in [0.29, 0.717) is 6.54 Å². The molecule has 0 unspecified atom stereocenters. The maximum Gasteiger partial charge on any atom is 0.191 e. The Morgan fingerprint density at radius 2 is 2.04 bits per heavy atom. The molecule has 146 valence electrons. The minimum atomic E-state index is 0.0770. The lowest BCUT2D eigenvalue weighted by molar-refractivity contribution is 0.371. The van der Waals surface area contributed by atoms with E-state index in [1.54, 1.807) is 18.1 Å². The van der Waals surface area contributed by atoms with Crippen LogP contribution in [-0.2, 0) is 19.0 Å². The third-order valence-corrected chi connectivity index (χ3v) is 5.36. The van der Waals surface area contributed by atoms with Crippen molar-refractivity contribution >= 4 is 5.96 Å². The van der Waals surface area contributed by atoms with Gasteiger partial charge in [-0.05, 0) is 25.8 Å². The van der Waals surface area contributed by atoms with Crippen LogP contribution in [0.3, 0.4) is 0 Å². The molecule has 1 aromatic carbocycles. The zero-order valence-electron chi connectivity index (χ0n) is 16.5. The highest BCUT2D eigenvalue weighted by atomic mass is 16.5. The van der Waals surface area contributed by atoms with E-state index in [9.17, 15) is 0 Å². The molecule has 0 aliphatic heterocycles. The number of para-hydroxylation sites is 1. The van der Waals surface area contributed by atoms with Gasteiger partial charge in [-0.2, -0.15) is 5.10 Å². The molecule has 0 atom stereocenters. The molecule has 2 N–H and O–H groups in total. The molecular weight excluding hydrogens is 340 g/mol. The van der Waals surface area contributed by atoms with E-state index in [1.807, 2.05) is 13.1 Å². The van der Waals surface area contributed by atoms with Crippen molar-refractivity contribution in [1.82, 2.24) is 25.4 Å². The van der Waals surface area contributed by atoms with Gasteiger partial charge in [-0.3, -0.25) is 4.68 Å². The molecule has 1 aromatic heterocycles. The Balaban J connectivity index is 1.76. The fourth-order valence-corrected chi connectivity index (χ4v) is 3.88. The first-order valence-corrected chi connectivity index (χ1v) is 9.67. The minimum Gasteiger partial charge on any atom is -0.496 e. The first kappa shape index (κ1) is 19.2. The Hall–Kier alpha value is -2.57. The molecule has 3 rings (SSSR count). The second-order valence-corrected chi connectivity index (χ2v) is 7.04. The number of guanidine groups is 1. The minimum absolute atomic E-state index is 0.0770. The summed E-state index contributed by atoms with van der Waals surface area (Å²) in [4.78, 5) is 8.93. The maximum absolute atomic E-state index is 5.66. The summed E-state index contributed by atoms with van der Waals surface area (Å²) >= 11 is 0. The van der Waals surface area contributed by atoms with Crippen molar-refractivity contribution in [2.75, 3.05) is 20.2 Å². The summed E-state index contributed by atoms with van der Waals surface area (Å²) in [5.41, 5.74) is 1.37. The molecule has 27 heavy (non-hydrogen) atoms. The number of ether oxygens (including phenoxy) is 1. The van der Waals surface area contributed by atoms with Crippen LogP contribution in [0.25, 0.3) is 0 Å². The van der Waals surface area contributed by atoms with Gasteiger partial charge in [0.25, 0.3) is 0 Å². The molecule has 1 aliphatic rings. The van der Waals surface area contributed by atoms with Gasteiger partial charge >= 0.3 is 0 Å². The van der Waals surface area contributed by atoms with E-state index >= 15 is 0 Å². The topological polar surface area (TPSA) is 76.4 Å². The van der Waals surface area contributed by atoms with Crippen molar-refractivity contribution in [3.05, 3.63) is 42.0 Å². The van der Waals surface area contributed by atoms with Crippen LogP contribution in [0.5, 0.6) is 5.75 Å². The number of nitrogens with zero attached hydrogens (tertiary/aromatic N) is 4. The summed E-state index contributed by atoms with van der Waals surface area (Å²) in [6.45, 7) is 4.21. The number of aliphatic imine (C=N–C) groups is 1. The normalized spacial score (nSPS) is 16.3. The number of aryl methyl sites for hydroxylation is 1. The maximum atomic E-state index is 5.66. The van der Waals surface area contributed by atoms with Crippen LogP contribution in [0.15, 0.2) is 35.6 Å². The van der Waals surface area contributed by atoms with Crippen molar-refractivity contribution in [3.8, 4) is 5.75 Å². The number of rotatable bonds is 7. The van der Waals surface area contributed by atoms with E-state index in [2.05, 4.69) is 50.8 Å². The van der Waals surface area contributed by atoms with Crippen molar-refractivity contribution in [2.45, 2.75) is 44.6 Å². The molecule has 0 bridgehead atoms. The highest BCUT2D eigenvalue weighted by molar-refractivity contribution is 5.79. The molecule has 1 saturated carbocycles. The smallest absolute Gasteiger partial charge is 0.191 e. The summed E-state index contributed by atoms with van der Waals surface area (Å²) in [5.74, 6) is 2.62. The molecular formula is C20H30N6O. The molecule has 7 heteroatoms. The highest BCUT2D eigenvalue weighted by Crippen LogP contribution is 2.44. The van der Waals surface area contributed by atoms with Gasteiger partial charge in [-0.25, -0.2) is 9.98 Å². The summed E-state index contributed by atoms with van der Waals surface area (Å²) in [5, 5.41) is 11.0. The summed E-state index contributed by atoms with van der Waals surface area (Å²) in [6, 6.07) is 8.40. The van der Waals surface area contributed by atoms with Crippen LogP contribution in [0, 0.1) is 0 Å². The van der Waals surface area contributed by atoms with E-state index in [4.69, 9.17) is 4.74 Å². The van der Waals surface area contributed by atoms with Crippen LogP contribution in [0.1, 0.15) is 44.0 Å². The van der Waals surface area contributed by atoms with Gasteiger partial charge in [0.2, 0.25) is 0 Å². The van der Waals surface area contributed by atoms with Gasteiger partial charge < -0.3 is 15.4 Å². The van der Waals surface area contributed by atoms with E-state index in [0.717, 1.165) is 43.5 Å². The number of benzene rings is 1. The molecule has 1 fully saturated rings. The number of aromatic nitrogens is 3. The molecule has 0 spiro atoms. The zero-order valence-corrected chi connectivity index (χ0v) is 16.5. The summed E-state index contributed by atoms with van der Waals surface area (Å²) in [7, 11) is 3.63. The predicted molar refractivity (Wildman–Crippen MR) is 107 cm³/mol. The standard InChI is InChI=1S/C20H30N6O/c1-4-21-19(22-13-18-24-15-25-26(18)2)23-14-20(11-7-8-12-20)16-9-5-6-10-17(16)27-3/h5-6,9-10,15H,4,7-8,11-14H2,1-3H3,(H2,21,22,23). The van der Waals surface area contributed by atoms with E-state index in [-0.39, 0.29) is 5.41 Å². The van der Waals surface area contributed by atoms with Crippen LogP contribution in [0.4, 0.5) is 0 Å². The molecule has 7 nitrogen and oxygen atoms in total. The molecule has 0 saturated heterocycles. The highest BCUT2D eigenvalue weighted by Gasteiger charge is 2.37. The van der Waals surface area contributed by atoms with Gasteiger partial charge in [-0.15, -0.1) is 0 Å². The van der Waals surface area contributed by atoms with Gasteiger partial charge in [0, 0.05) is 31.1 Å². The second-order valence-electron chi connectivity index (χ2n) is 7.04. The molecule has 0 radical (unpaired) electrons. The second kappa shape index (κ2) is 8.88. The van der Waals surface area contributed by atoms with Crippen molar-refractivity contribution in [1.29, 1.82) is 0 Å². The Kier molecular flexibility index (Phi) is 6.32. The Bertz CT molecular complexity index is 763. The lowest BCUT2D eigenvalue weighted by atomic mass is 9.78. The fraction of sp³-hybridized carbons (Fsp3) is 0.550. The van der Waals surface area contributed by atoms with Crippen molar-refractivity contribution in [3.63, 3.8) is 0 Å². The first-order valence-electron chi connectivity index (χ1n) is 9.67. The third-order valence-electron chi connectivity index (χ3n) is 5.36. The van der Waals surface area contributed by atoms with E-state index < -0.39 is 0 Å². The van der Waals surface area contributed by atoms with E-state index in [1.165, 1.54) is 18.4 Å². The van der Waals surface area contributed by atoms with Crippen LogP contribution >= 0.6 is 0 Å². The Morgan fingerprint density at radius 3 is 2.70 bits per heavy atom. The lowest BCUT2D eigenvalue weighted by Crippen LogP contribution is -2.44. The van der Waals surface area contributed by atoms with Crippen LogP contribution in [0.2, 0.25) is 0 Å². The quantitative estimate of drug-likeness (QED) is 0.578. The molecule has 1 heterocycles. The molecule has 2 aromatic rings. The summed E-state index contributed by atoms with van der Waals surface area (Å²) < 4.78 is 7.41. The van der Waals surface area contributed by atoms with Gasteiger partial charge in [0.15, 0.2) is 5.96 Å². The number of nitrogens with one attached hydrogen (secondary N) is 2. The Morgan fingerprint density at radius 1 is 1.26 bits per heavy atom. The number of hydrogen-bond donors (Lipinski definition) is 2. The fourth-order valence-electron chi connectivity index (χ4n) is 3.88. The first-order chi connectivity index (χ1) is 13.2. The third kappa shape index (κ3) is 4.40. The largest absolute Gasteiger partial charge is 0.496 e. The van der Waals surface area contributed by atoms with Gasteiger partial charge in [0.1, 0.15) is 24.4 Å². The summed E-state index contributed by atoms with van der Waals surface area (Å²) in [6.07, 6.45) is 6.35. The van der Waals surface area contributed by atoms with Gasteiger partial charge in [0.05, 0.1) is 7.11 Å². The van der Waals surface area contributed by atoms with Crippen molar-refractivity contribution < 1.29 is 4.74 Å². The SMILES string of the molecule is CCNC(=NCc1ncnn1C)NCC1(c2ccccc2OC)CCCC1. The average molecular weight is 371 g/mol.